The van der Waals surface area contributed by atoms with E-state index in [1.54, 1.807) is 7.11 Å². The van der Waals surface area contributed by atoms with Crippen LogP contribution in [-0.4, -0.2) is 19.7 Å². The predicted molar refractivity (Wildman–Crippen MR) is 64.6 cm³/mol. The zero-order valence-electron chi connectivity index (χ0n) is 9.92. The van der Waals surface area contributed by atoms with E-state index in [2.05, 4.69) is 19.2 Å². The molecule has 0 saturated heterocycles. The van der Waals surface area contributed by atoms with Crippen molar-refractivity contribution in [2.45, 2.75) is 26.8 Å². The summed E-state index contributed by atoms with van der Waals surface area (Å²) in [6, 6.07) is 4.17. The lowest BCUT2D eigenvalue weighted by Crippen LogP contribution is -2.25. The molecule has 0 saturated carbocycles. The zero-order chi connectivity index (χ0) is 11.4. The van der Waals surface area contributed by atoms with Gasteiger partial charge in [-0.2, -0.15) is 0 Å². The molecular weight excluding hydrogens is 188 g/mol. The first-order valence-corrected chi connectivity index (χ1v) is 5.20. The molecule has 1 atom stereocenters. The molecule has 1 aromatic carbocycles. The molecule has 0 spiro atoms. The summed E-state index contributed by atoms with van der Waals surface area (Å²) >= 11 is 0. The fraction of sp³-hybridized carbons (Fsp3) is 0.500. The van der Waals surface area contributed by atoms with Crippen LogP contribution in [0.25, 0.3) is 0 Å². The maximum absolute atomic E-state index is 5.70. The second kappa shape index (κ2) is 5.03. The summed E-state index contributed by atoms with van der Waals surface area (Å²) in [6.07, 6.45) is 0. The standard InChI is InChI=1S/C12H20N2O/c1-8(13)7-14-11-5-6-12(15-4)10(3)9(11)2/h5-6,8,14H,7,13H2,1-4H3. The Labute approximate surface area is 91.6 Å². The van der Waals surface area contributed by atoms with Gasteiger partial charge in [0.15, 0.2) is 0 Å². The van der Waals surface area contributed by atoms with Crippen LogP contribution in [-0.2, 0) is 0 Å². The average molecular weight is 208 g/mol. The first kappa shape index (κ1) is 11.9. The van der Waals surface area contributed by atoms with E-state index in [1.807, 2.05) is 19.1 Å². The Bertz CT molecular complexity index is 335. The van der Waals surface area contributed by atoms with Crippen LogP contribution in [0.3, 0.4) is 0 Å². The van der Waals surface area contributed by atoms with Crippen LogP contribution in [0.1, 0.15) is 18.1 Å². The van der Waals surface area contributed by atoms with Gasteiger partial charge < -0.3 is 15.8 Å². The van der Waals surface area contributed by atoms with Crippen LogP contribution in [0.4, 0.5) is 5.69 Å². The molecule has 15 heavy (non-hydrogen) atoms. The molecule has 1 unspecified atom stereocenters. The van der Waals surface area contributed by atoms with Crippen LogP contribution in [0.2, 0.25) is 0 Å². The third kappa shape index (κ3) is 2.86. The molecule has 3 heteroatoms. The lowest BCUT2D eigenvalue weighted by atomic mass is 10.1. The van der Waals surface area contributed by atoms with Crippen molar-refractivity contribution in [2.24, 2.45) is 5.73 Å². The van der Waals surface area contributed by atoms with Crippen molar-refractivity contribution in [1.29, 1.82) is 0 Å². The minimum Gasteiger partial charge on any atom is -0.496 e. The van der Waals surface area contributed by atoms with E-state index in [9.17, 15) is 0 Å². The quantitative estimate of drug-likeness (QED) is 0.796. The highest BCUT2D eigenvalue weighted by molar-refractivity contribution is 5.58. The Balaban J connectivity index is 2.87. The van der Waals surface area contributed by atoms with Crippen molar-refractivity contribution in [1.82, 2.24) is 0 Å². The molecule has 0 bridgehead atoms. The molecule has 1 rings (SSSR count). The third-order valence-electron chi connectivity index (χ3n) is 2.57. The lowest BCUT2D eigenvalue weighted by molar-refractivity contribution is 0.411. The van der Waals surface area contributed by atoms with Gasteiger partial charge in [0.1, 0.15) is 5.75 Å². The summed E-state index contributed by atoms with van der Waals surface area (Å²) in [5.41, 5.74) is 9.22. The SMILES string of the molecule is COc1ccc(NCC(C)N)c(C)c1C. The molecule has 0 fully saturated rings. The monoisotopic (exact) mass is 208 g/mol. The molecule has 84 valence electrons. The second-order valence-electron chi connectivity index (χ2n) is 3.92. The summed E-state index contributed by atoms with van der Waals surface area (Å²) in [7, 11) is 1.69. The summed E-state index contributed by atoms with van der Waals surface area (Å²) in [5.74, 6) is 0.929. The molecule has 3 N–H and O–H groups in total. The maximum atomic E-state index is 5.70. The first-order chi connectivity index (χ1) is 7.06. The van der Waals surface area contributed by atoms with Gasteiger partial charge in [0.25, 0.3) is 0 Å². The number of hydrogen-bond donors (Lipinski definition) is 2. The molecular formula is C12H20N2O. The smallest absolute Gasteiger partial charge is 0.122 e. The van der Waals surface area contributed by atoms with E-state index in [0.29, 0.717) is 0 Å². The van der Waals surface area contributed by atoms with Gasteiger partial charge in [0.05, 0.1) is 7.11 Å². The molecule has 1 aromatic rings. The Hall–Kier alpha value is -1.22. The van der Waals surface area contributed by atoms with Crippen molar-refractivity contribution in [2.75, 3.05) is 19.0 Å². The zero-order valence-corrected chi connectivity index (χ0v) is 9.92. The number of benzene rings is 1. The number of hydrogen-bond acceptors (Lipinski definition) is 3. The number of nitrogens with one attached hydrogen (secondary N) is 1. The minimum absolute atomic E-state index is 0.159. The largest absolute Gasteiger partial charge is 0.496 e. The van der Waals surface area contributed by atoms with Crippen LogP contribution in [0, 0.1) is 13.8 Å². The molecule has 0 heterocycles. The van der Waals surface area contributed by atoms with Gasteiger partial charge in [-0.25, -0.2) is 0 Å². The van der Waals surface area contributed by atoms with E-state index in [1.165, 1.54) is 11.1 Å². The summed E-state index contributed by atoms with van der Waals surface area (Å²) in [4.78, 5) is 0. The molecule has 0 radical (unpaired) electrons. The maximum Gasteiger partial charge on any atom is 0.122 e. The Morgan fingerprint density at radius 2 is 2.00 bits per heavy atom. The van der Waals surface area contributed by atoms with Crippen LogP contribution in [0.15, 0.2) is 12.1 Å². The molecule has 0 aliphatic carbocycles. The van der Waals surface area contributed by atoms with E-state index in [4.69, 9.17) is 10.5 Å². The minimum atomic E-state index is 0.159. The molecule has 0 aliphatic rings. The van der Waals surface area contributed by atoms with E-state index in [-0.39, 0.29) is 6.04 Å². The molecule has 0 aliphatic heterocycles. The topological polar surface area (TPSA) is 47.3 Å². The van der Waals surface area contributed by atoms with Gasteiger partial charge in [0, 0.05) is 18.3 Å². The highest BCUT2D eigenvalue weighted by Crippen LogP contribution is 2.26. The number of methoxy groups -OCH3 is 1. The van der Waals surface area contributed by atoms with Gasteiger partial charge in [-0.3, -0.25) is 0 Å². The summed E-state index contributed by atoms with van der Waals surface area (Å²) in [5, 5.41) is 3.32. The van der Waals surface area contributed by atoms with Crippen molar-refractivity contribution in [3.8, 4) is 5.75 Å². The van der Waals surface area contributed by atoms with Crippen molar-refractivity contribution < 1.29 is 4.74 Å². The third-order valence-corrected chi connectivity index (χ3v) is 2.57. The van der Waals surface area contributed by atoms with E-state index >= 15 is 0 Å². The van der Waals surface area contributed by atoms with Gasteiger partial charge in [0.2, 0.25) is 0 Å². The normalized spacial score (nSPS) is 12.3. The summed E-state index contributed by atoms with van der Waals surface area (Å²) < 4.78 is 5.25. The predicted octanol–water partition coefficient (Wildman–Crippen LogP) is 2.07. The Morgan fingerprint density at radius 3 is 2.53 bits per heavy atom. The number of anilines is 1. The lowest BCUT2D eigenvalue weighted by Gasteiger charge is -2.15. The van der Waals surface area contributed by atoms with Crippen molar-refractivity contribution in [3.05, 3.63) is 23.3 Å². The number of rotatable bonds is 4. The molecule has 3 nitrogen and oxygen atoms in total. The van der Waals surface area contributed by atoms with Crippen LogP contribution < -0.4 is 15.8 Å². The van der Waals surface area contributed by atoms with E-state index in [0.717, 1.165) is 18.0 Å². The summed E-state index contributed by atoms with van der Waals surface area (Å²) in [6.45, 7) is 6.91. The Kier molecular flexibility index (Phi) is 3.97. The van der Waals surface area contributed by atoms with Crippen molar-refractivity contribution in [3.63, 3.8) is 0 Å². The van der Waals surface area contributed by atoms with Crippen LogP contribution >= 0.6 is 0 Å². The Morgan fingerprint density at radius 1 is 1.33 bits per heavy atom. The second-order valence-corrected chi connectivity index (χ2v) is 3.92. The van der Waals surface area contributed by atoms with Crippen LogP contribution in [0.5, 0.6) is 5.75 Å². The van der Waals surface area contributed by atoms with Gasteiger partial charge in [-0.15, -0.1) is 0 Å². The van der Waals surface area contributed by atoms with Crippen molar-refractivity contribution >= 4 is 5.69 Å². The van der Waals surface area contributed by atoms with Gasteiger partial charge >= 0.3 is 0 Å². The highest BCUT2D eigenvalue weighted by Gasteiger charge is 2.06. The number of nitrogens with two attached hydrogens (primary N) is 1. The van der Waals surface area contributed by atoms with Gasteiger partial charge in [-0.1, -0.05) is 0 Å². The average Bonchev–Trinajstić information content (AvgIpc) is 2.20. The molecule has 0 amide bonds. The fourth-order valence-electron chi connectivity index (χ4n) is 1.48. The molecule has 0 aromatic heterocycles. The number of ether oxygens (including phenoxy) is 1. The first-order valence-electron chi connectivity index (χ1n) is 5.20. The fourth-order valence-corrected chi connectivity index (χ4v) is 1.48. The van der Waals surface area contributed by atoms with Gasteiger partial charge in [-0.05, 0) is 44.0 Å². The van der Waals surface area contributed by atoms with E-state index < -0.39 is 0 Å². The highest BCUT2D eigenvalue weighted by atomic mass is 16.5.